The lowest BCUT2D eigenvalue weighted by molar-refractivity contribution is -0.124. The van der Waals surface area contributed by atoms with Gasteiger partial charge in [0.15, 0.2) is 0 Å². The Balaban J connectivity index is 2.01. The molecule has 26 heavy (non-hydrogen) atoms. The summed E-state index contributed by atoms with van der Waals surface area (Å²) in [6.45, 7) is 5.53. The number of furan rings is 1. The maximum atomic E-state index is 12.5. The Hall–Kier alpha value is -3.09. The zero-order chi connectivity index (χ0) is 19.3. The van der Waals surface area contributed by atoms with Gasteiger partial charge in [-0.15, -0.1) is 0 Å². The van der Waals surface area contributed by atoms with Gasteiger partial charge >= 0.3 is 5.97 Å². The number of carbonyl (C=O) groups excluding carboxylic acids is 2. The van der Waals surface area contributed by atoms with Crippen LogP contribution in [0.2, 0.25) is 0 Å². The van der Waals surface area contributed by atoms with Crippen LogP contribution in [0, 0.1) is 12.8 Å². The van der Waals surface area contributed by atoms with Crippen molar-refractivity contribution in [2.75, 3.05) is 0 Å². The number of benzene rings is 1. The first-order chi connectivity index (χ1) is 12.3. The molecule has 0 bridgehead atoms. The highest BCUT2D eigenvalue weighted by Crippen LogP contribution is 2.11. The van der Waals surface area contributed by atoms with Crippen molar-refractivity contribution in [3.63, 3.8) is 0 Å². The topological polar surface area (TPSA) is 109 Å². The lowest BCUT2D eigenvalue weighted by Crippen LogP contribution is -2.49. The summed E-state index contributed by atoms with van der Waals surface area (Å²) in [4.78, 5) is 35.7. The molecule has 138 valence electrons. The van der Waals surface area contributed by atoms with Gasteiger partial charge in [-0.2, -0.15) is 0 Å². The van der Waals surface area contributed by atoms with Gasteiger partial charge in [0.1, 0.15) is 11.8 Å². The van der Waals surface area contributed by atoms with Gasteiger partial charge in [-0.3, -0.25) is 9.59 Å². The van der Waals surface area contributed by atoms with Crippen LogP contribution in [0.1, 0.15) is 46.1 Å². The number of aryl methyl sites for hydroxylation is 1. The first kappa shape index (κ1) is 19.2. The quantitative estimate of drug-likeness (QED) is 0.704. The molecule has 3 N–H and O–H groups in total. The molecular weight excluding hydrogens is 336 g/mol. The average molecular weight is 358 g/mol. The second kappa shape index (κ2) is 8.33. The van der Waals surface area contributed by atoms with Gasteiger partial charge in [0.25, 0.3) is 5.91 Å². The molecule has 2 aromatic rings. The summed E-state index contributed by atoms with van der Waals surface area (Å²) in [5.41, 5.74) is 1.34. The number of carboxylic acids is 1. The van der Waals surface area contributed by atoms with E-state index in [1.165, 1.54) is 12.1 Å². The molecule has 2 rings (SSSR count). The molecule has 0 aliphatic heterocycles. The van der Waals surface area contributed by atoms with Crippen LogP contribution in [0.15, 0.2) is 40.8 Å². The van der Waals surface area contributed by atoms with Crippen LogP contribution in [0.4, 0.5) is 0 Å². The molecule has 0 spiro atoms. The van der Waals surface area contributed by atoms with Crippen molar-refractivity contribution in [3.8, 4) is 0 Å². The number of carboxylic acid groups (broad SMARTS) is 1. The monoisotopic (exact) mass is 358 g/mol. The van der Waals surface area contributed by atoms with E-state index < -0.39 is 12.0 Å². The van der Waals surface area contributed by atoms with E-state index in [-0.39, 0.29) is 30.0 Å². The van der Waals surface area contributed by atoms with E-state index in [0.717, 1.165) is 5.56 Å². The van der Waals surface area contributed by atoms with Gasteiger partial charge in [0.2, 0.25) is 11.7 Å². The van der Waals surface area contributed by atoms with E-state index in [4.69, 9.17) is 9.52 Å². The molecule has 1 aromatic carbocycles. The number of hydrogen-bond acceptors (Lipinski definition) is 4. The highest BCUT2D eigenvalue weighted by molar-refractivity contribution is 5.98. The fourth-order valence-corrected chi connectivity index (χ4v) is 2.45. The molecule has 0 aliphatic carbocycles. The van der Waals surface area contributed by atoms with E-state index in [2.05, 4.69) is 10.6 Å². The molecule has 0 radical (unpaired) electrons. The van der Waals surface area contributed by atoms with E-state index in [9.17, 15) is 14.4 Å². The summed E-state index contributed by atoms with van der Waals surface area (Å²) in [6, 6.07) is 9.23. The lowest BCUT2D eigenvalue weighted by atomic mass is 10.0. The maximum absolute atomic E-state index is 12.5. The number of carbonyl (C=O) groups is 3. The van der Waals surface area contributed by atoms with Crippen LogP contribution in [0.3, 0.4) is 0 Å². The van der Waals surface area contributed by atoms with Crippen molar-refractivity contribution in [1.29, 1.82) is 0 Å². The van der Waals surface area contributed by atoms with Crippen LogP contribution < -0.4 is 10.6 Å². The van der Waals surface area contributed by atoms with Crippen molar-refractivity contribution in [1.82, 2.24) is 10.6 Å². The van der Waals surface area contributed by atoms with E-state index >= 15 is 0 Å². The second-order valence-electron chi connectivity index (χ2n) is 6.30. The van der Waals surface area contributed by atoms with Crippen molar-refractivity contribution in [3.05, 3.63) is 59.0 Å². The summed E-state index contributed by atoms with van der Waals surface area (Å²) in [7, 11) is 0. The first-order valence-electron chi connectivity index (χ1n) is 8.25. The highest BCUT2D eigenvalue weighted by atomic mass is 16.4. The van der Waals surface area contributed by atoms with Crippen LogP contribution in [0.5, 0.6) is 0 Å². The predicted octanol–water partition coefficient (Wildman–Crippen LogP) is 2.36. The number of hydrogen-bond donors (Lipinski definition) is 3. The molecule has 1 heterocycles. The van der Waals surface area contributed by atoms with E-state index in [0.29, 0.717) is 11.3 Å². The fraction of sp³-hybridized carbons (Fsp3) is 0.316. The van der Waals surface area contributed by atoms with Gasteiger partial charge in [-0.05, 0) is 36.6 Å². The zero-order valence-electron chi connectivity index (χ0n) is 14.9. The molecule has 1 atom stereocenters. The van der Waals surface area contributed by atoms with Crippen LogP contribution in [-0.4, -0.2) is 28.9 Å². The van der Waals surface area contributed by atoms with E-state index in [1.807, 2.05) is 32.9 Å². The average Bonchev–Trinajstić information content (AvgIpc) is 3.07. The Bertz CT molecular complexity index is 810. The number of nitrogens with one attached hydrogen (secondary N) is 2. The second-order valence-corrected chi connectivity index (χ2v) is 6.30. The van der Waals surface area contributed by atoms with Gasteiger partial charge < -0.3 is 20.2 Å². The summed E-state index contributed by atoms with van der Waals surface area (Å²) >= 11 is 0. The molecule has 0 fully saturated rings. The highest BCUT2D eigenvalue weighted by Gasteiger charge is 2.25. The Morgan fingerprint density at radius 3 is 2.38 bits per heavy atom. The first-order valence-corrected chi connectivity index (χ1v) is 8.25. The zero-order valence-corrected chi connectivity index (χ0v) is 14.9. The summed E-state index contributed by atoms with van der Waals surface area (Å²) < 4.78 is 5.10. The van der Waals surface area contributed by atoms with Crippen LogP contribution in [0.25, 0.3) is 0 Å². The lowest BCUT2D eigenvalue weighted by Gasteiger charge is -2.22. The van der Waals surface area contributed by atoms with E-state index in [1.54, 1.807) is 12.1 Å². The van der Waals surface area contributed by atoms with Gasteiger partial charge in [-0.1, -0.05) is 32.0 Å². The molecule has 0 saturated carbocycles. The maximum Gasteiger partial charge on any atom is 0.371 e. The van der Waals surface area contributed by atoms with Crippen molar-refractivity contribution >= 4 is 17.8 Å². The van der Waals surface area contributed by atoms with Crippen molar-refractivity contribution in [2.24, 2.45) is 5.92 Å². The number of rotatable bonds is 7. The summed E-state index contributed by atoms with van der Waals surface area (Å²) in [6.07, 6.45) is 0. The molecule has 1 unspecified atom stereocenters. The third-order valence-electron chi connectivity index (χ3n) is 3.93. The number of amides is 2. The SMILES string of the molecule is Cc1ccccc1C(=O)NC(C(=O)NCc1ccc(C(=O)O)o1)C(C)C. The van der Waals surface area contributed by atoms with Crippen molar-refractivity contribution in [2.45, 2.75) is 33.4 Å². The molecule has 1 aromatic heterocycles. The third-order valence-corrected chi connectivity index (χ3v) is 3.93. The normalized spacial score (nSPS) is 11.8. The summed E-state index contributed by atoms with van der Waals surface area (Å²) in [5.74, 6) is -1.86. The minimum atomic E-state index is -1.17. The van der Waals surface area contributed by atoms with Gasteiger partial charge in [0.05, 0.1) is 6.54 Å². The van der Waals surface area contributed by atoms with Crippen LogP contribution in [-0.2, 0) is 11.3 Å². The Labute approximate surface area is 151 Å². The summed E-state index contributed by atoms with van der Waals surface area (Å²) in [5, 5.41) is 14.3. The van der Waals surface area contributed by atoms with Crippen molar-refractivity contribution < 1.29 is 23.9 Å². The fourth-order valence-electron chi connectivity index (χ4n) is 2.45. The number of aromatic carboxylic acids is 1. The largest absolute Gasteiger partial charge is 0.475 e. The Morgan fingerprint density at radius 2 is 1.81 bits per heavy atom. The predicted molar refractivity (Wildman–Crippen MR) is 94.8 cm³/mol. The molecule has 7 heteroatoms. The standard InChI is InChI=1S/C19H22N2O5/c1-11(2)16(21-17(22)14-7-5-4-6-12(14)3)18(23)20-10-13-8-9-15(26-13)19(24)25/h4-9,11,16H,10H2,1-3H3,(H,20,23)(H,21,22)(H,24,25). The van der Waals surface area contributed by atoms with Gasteiger partial charge in [0, 0.05) is 5.56 Å². The molecule has 2 amide bonds. The van der Waals surface area contributed by atoms with Gasteiger partial charge in [-0.25, -0.2) is 4.79 Å². The molecule has 7 nitrogen and oxygen atoms in total. The molecule has 0 saturated heterocycles. The Kier molecular flexibility index (Phi) is 6.16. The third kappa shape index (κ3) is 4.72. The Morgan fingerprint density at radius 1 is 1.12 bits per heavy atom. The molecule has 0 aliphatic rings. The molecular formula is C19H22N2O5. The minimum absolute atomic E-state index is 0.0373. The minimum Gasteiger partial charge on any atom is -0.475 e. The van der Waals surface area contributed by atoms with Crippen LogP contribution >= 0.6 is 0 Å². The smallest absolute Gasteiger partial charge is 0.371 e.